The molecule has 1 aromatic rings. The molecule has 2 heteroatoms. The van der Waals surface area contributed by atoms with E-state index in [9.17, 15) is 0 Å². The Labute approximate surface area is 105 Å². The summed E-state index contributed by atoms with van der Waals surface area (Å²) in [6.07, 6.45) is 1.03. The standard InChI is InChI=1S/C15H23NO/c1-13(2)11-16-14(3)9-10-17-12-15-7-5-4-6-8-15/h4-8,14,16H,1,9-12H2,2-3H3. The highest BCUT2D eigenvalue weighted by molar-refractivity contribution is 5.13. The van der Waals surface area contributed by atoms with Gasteiger partial charge in [0.25, 0.3) is 0 Å². The van der Waals surface area contributed by atoms with Crippen LogP contribution in [0, 0.1) is 0 Å². The van der Waals surface area contributed by atoms with Crippen LogP contribution >= 0.6 is 0 Å². The number of rotatable bonds is 8. The van der Waals surface area contributed by atoms with E-state index in [0.717, 1.165) is 19.6 Å². The quantitative estimate of drug-likeness (QED) is 0.550. The smallest absolute Gasteiger partial charge is 0.0716 e. The summed E-state index contributed by atoms with van der Waals surface area (Å²) in [7, 11) is 0. The first-order valence-corrected chi connectivity index (χ1v) is 6.18. The molecule has 1 atom stereocenters. The van der Waals surface area contributed by atoms with Crippen LogP contribution in [0.4, 0.5) is 0 Å². The van der Waals surface area contributed by atoms with Gasteiger partial charge < -0.3 is 10.1 Å². The molecule has 2 nitrogen and oxygen atoms in total. The lowest BCUT2D eigenvalue weighted by atomic mass is 10.2. The average molecular weight is 233 g/mol. The molecule has 0 bridgehead atoms. The van der Waals surface area contributed by atoms with E-state index in [2.05, 4.69) is 31.0 Å². The van der Waals surface area contributed by atoms with Gasteiger partial charge in [0, 0.05) is 19.2 Å². The molecule has 17 heavy (non-hydrogen) atoms. The molecule has 94 valence electrons. The van der Waals surface area contributed by atoms with Gasteiger partial charge in [0.05, 0.1) is 6.61 Å². The van der Waals surface area contributed by atoms with Crippen molar-refractivity contribution in [2.24, 2.45) is 0 Å². The van der Waals surface area contributed by atoms with E-state index in [1.807, 2.05) is 25.1 Å². The number of hydrogen-bond acceptors (Lipinski definition) is 2. The zero-order valence-electron chi connectivity index (χ0n) is 10.9. The first kappa shape index (κ1) is 13.9. The normalized spacial score (nSPS) is 12.4. The molecule has 0 spiro atoms. The Morgan fingerprint density at radius 3 is 2.71 bits per heavy atom. The Kier molecular flexibility index (Phi) is 6.60. The third-order valence-corrected chi connectivity index (χ3v) is 2.56. The molecule has 0 fully saturated rings. The molecule has 0 amide bonds. The molecule has 0 heterocycles. The van der Waals surface area contributed by atoms with Crippen LogP contribution in [-0.2, 0) is 11.3 Å². The molecule has 0 aliphatic carbocycles. The second kappa shape index (κ2) is 8.04. The minimum absolute atomic E-state index is 0.475. The predicted octanol–water partition coefficient (Wildman–Crippen LogP) is 3.15. The van der Waals surface area contributed by atoms with Gasteiger partial charge in [-0.3, -0.25) is 0 Å². The predicted molar refractivity (Wildman–Crippen MR) is 73.0 cm³/mol. The second-order valence-electron chi connectivity index (χ2n) is 4.57. The van der Waals surface area contributed by atoms with Crippen molar-refractivity contribution in [3.63, 3.8) is 0 Å². The van der Waals surface area contributed by atoms with E-state index in [1.165, 1.54) is 11.1 Å². The summed E-state index contributed by atoms with van der Waals surface area (Å²) in [6.45, 7) is 10.5. The van der Waals surface area contributed by atoms with Crippen LogP contribution in [0.1, 0.15) is 25.8 Å². The number of ether oxygens (including phenoxy) is 1. The van der Waals surface area contributed by atoms with Gasteiger partial charge in [-0.25, -0.2) is 0 Å². The van der Waals surface area contributed by atoms with Gasteiger partial charge in [-0.1, -0.05) is 42.5 Å². The molecular formula is C15H23NO. The Hall–Kier alpha value is -1.12. The zero-order valence-corrected chi connectivity index (χ0v) is 10.9. The highest BCUT2D eigenvalue weighted by atomic mass is 16.5. The van der Waals surface area contributed by atoms with Crippen LogP contribution in [0.15, 0.2) is 42.5 Å². The van der Waals surface area contributed by atoms with Gasteiger partial charge in [0.2, 0.25) is 0 Å². The van der Waals surface area contributed by atoms with E-state index in [1.54, 1.807) is 0 Å². The van der Waals surface area contributed by atoms with Gasteiger partial charge >= 0.3 is 0 Å². The van der Waals surface area contributed by atoms with Gasteiger partial charge in [-0.15, -0.1) is 0 Å². The lowest BCUT2D eigenvalue weighted by Gasteiger charge is -2.13. The largest absolute Gasteiger partial charge is 0.377 e. The SMILES string of the molecule is C=C(C)CNC(C)CCOCc1ccccc1. The van der Waals surface area contributed by atoms with Crippen LogP contribution in [0.25, 0.3) is 0 Å². The second-order valence-corrected chi connectivity index (χ2v) is 4.57. The number of nitrogens with one attached hydrogen (secondary N) is 1. The minimum atomic E-state index is 0.475. The summed E-state index contributed by atoms with van der Waals surface area (Å²) in [5, 5.41) is 3.40. The molecule has 0 aliphatic rings. The first-order valence-electron chi connectivity index (χ1n) is 6.18. The molecule has 1 rings (SSSR count). The lowest BCUT2D eigenvalue weighted by molar-refractivity contribution is 0.112. The fourth-order valence-corrected chi connectivity index (χ4v) is 1.47. The van der Waals surface area contributed by atoms with E-state index in [0.29, 0.717) is 12.6 Å². The molecule has 1 N–H and O–H groups in total. The monoisotopic (exact) mass is 233 g/mol. The van der Waals surface area contributed by atoms with Crippen molar-refractivity contribution in [3.05, 3.63) is 48.0 Å². The van der Waals surface area contributed by atoms with E-state index >= 15 is 0 Å². The van der Waals surface area contributed by atoms with Crippen molar-refractivity contribution < 1.29 is 4.74 Å². The fraction of sp³-hybridized carbons (Fsp3) is 0.467. The van der Waals surface area contributed by atoms with Crippen LogP contribution in [0.3, 0.4) is 0 Å². The Morgan fingerprint density at radius 2 is 2.06 bits per heavy atom. The van der Waals surface area contributed by atoms with Crippen molar-refractivity contribution >= 4 is 0 Å². The zero-order chi connectivity index (χ0) is 12.5. The molecule has 0 aromatic heterocycles. The topological polar surface area (TPSA) is 21.3 Å². The highest BCUT2D eigenvalue weighted by Gasteiger charge is 2.00. The third-order valence-electron chi connectivity index (χ3n) is 2.56. The van der Waals surface area contributed by atoms with Crippen LogP contribution < -0.4 is 5.32 Å². The Balaban J connectivity index is 2.06. The molecular weight excluding hydrogens is 210 g/mol. The maximum atomic E-state index is 5.63. The van der Waals surface area contributed by atoms with E-state index in [-0.39, 0.29) is 0 Å². The maximum Gasteiger partial charge on any atom is 0.0716 e. The Morgan fingerprint density at radius 1 is 1.35 bits per heavy atom. The summed E-state index contributed by atoms with van der Waals surface area (Å²) >= 11 is 0. The van der Waals surface area contributed by atoms with Crippen molar-refractivity contribution in [3.8, 4) is 0 Å². The molecule has 0 saturated carbocycles. The van der Waals surface area contributed by atoms with Gasteiger partial charge in [0.1, 0.15) is 0 Å². The molecule has 1 unspecified atom stereocenters. The van der Waals surface area contributed by atoms with Crippen molar-refractivity contribution in [2.45, 2.75) is 32.9 Å². The molecule has 0 aliphatic heterocycles. The van der Waals surface area contributed by atoms with Crippen molar-refractivity contribution in [1.29, 1.82) is 0 Å². The summed E-state index contributed by atoms with van der Waals surface area (Å²) in [4.78, 5) is 0. The average Bonchev–Trinajstić information content (AvgIpc) is 2.33. The summed E-state index contributed by atoms with van der Waals surface area (Å²) in [5.41, 5.74) is 2.40. The summed E-state index contributed by atoms with van der Waals surface area (Å²) in [5.74, 6) is 0. The van der Waals surface area contributed by atoms with E-state index < -0.39 is 0 Å². The number of benzene rings is 1. The minimum Gasteiger partial charge on any atom is -0.377 e. The van der Waals surface area contributed by atoms with Crippen LogP contribution in [-0.4, -0.2) is 19.2 Å². The lowest BCUT2D eigenvalue weighted by Crippen LogP contribution is -2.28. The first-order chi connectivity index (χ1) is 8.18. The van der Waals surface area contributed by atoms with Crippen LogP contribution in [0.5, 0.6) is 0 Å². The van der Waals surface area contributed by atoms with E-state index in [4.69, 9.17) is 4.74 Å². The molecule has 0 saturated heterocycles. The van der Waals surface area contributed by atoms with Gasteiger partial charge in [-0.2, -0.15) is 0 Å². The number of hydrogen-bond donors (Lipinski definition) is 1. The van der Waals surface area contributed by atoms with Crippen molar-refractivity contribution in [2.75, 3.05) is 13.2 Å². The summed E-state index contributed by atoms with van der Waals surface area (Å²) < 4.78 is 5.63. The Bertz CT molecular complexity index is 321. The molecule has 0 radical (unpaired) electrons. The van der Waals surface area contributed by atoms with Gasteiger partial charge in [-0.05, 0) is 25.8 Å². The van der Waals surface area contributed by atoms with Crippen LogP contribution in [0.2, 0.25) is 0 Å². The maximum absolute atomic E-state index is 5.63. The van der Waals surface area contributed by atoms with Crippen molar-refractivity contribution in [1.82, 2.24) is 5.32 Å². The fourth-order valence-electron chi connectivity index (χ4n) is 1.47. The highest BCUT2D eigenvalue weighted by Crippen LogP contribution is 2.01. The summed E-state index contributed by atoms with van der Waals surface area (Å²) in [6, 6.07) is 10.7. The molecule has 1 aromatic carbocycles. The van der Waals surface area contributed by atoms with Gasteiger partial charge in [0.15, 0.2) is 0 Å². The third kappa shape index (κ3) is 6.93.